The number of methoxy groups -OCH3 is 1. The molecule has 1 aromatic carbocycles. The van der Waals surface area contributed by atoms with Crippen LogP contribution in [0.1, 0.15) is 31.7 Å². The number of ether oxygens (including phenoxy) is 2. The van der Waals surface area contributed by atoms with Crippen molar-refractivity contribution in [2.45, 2.75) is 38.3 Å². The third-order valence-electron chi connectivity index (χ3n) is 6.86. The van der Waals surface area contributed by atoms with Gasteiger partial charge in [-0.1, -0.05) is 19.1 Å². The second-order valence-corrected chi connectivity index (χ2v) is 9.55. The Kier molecular flexibility index (Phi) is 9.83. The van der Waals surface area contributed by atoms with Gasteiger partial charge in [0.15, 0.2) is 11.5 Å². The maximum atomic E-state index is 11.0. The lowest BCUT2D eigenvalue weighted by atomic mass is 9.99. The topological polar surface area (TPSA) is 70.1 Å². The minimum absolute atomic E-state index is 0. The molecule has 0 saturated carbocycles. The van der Waals surface area contributed by atoms with Crippen molar-refractivity contribution in [1.82, 2.24) is 15.2 Å². The second kappa shape index (κ2) is 12.6. The normalized spacial score (nSPS) is 21.3. The van der Waals surface area contributed by atoms with E-state index in [9.17, 15) is 5.11 Å². The summed E-state index contributed by atoms with van der Waals surface area (Å²) in [6.07, 6.45) is 5.07. The van der Waals surface area contributed by atoms with Gasteiger partial charge in [-0.2, -0.15) is 0 Å². The molecule has 0 amide bonds. The summed E-state index contributed by atoms with van der Waals surface area (Å²) < 4.78 is 11.6. The minimum atomic E-state index is -0.753. The van der Waals surface area contributed by atoms with Gasteiger partial charge in [0.25, 0.3) is 0 Å². The first-order valence-electron chi connectivity index (χ1n) is 12.2. The Morgan fingerprint density at radius 3 is 2.71 bits per heavy atom. The van der Waals surface area contributed by atoms with Gasteiger partial charge in [0.2, 0.25) is 0 Å². The highest BCUT2D eigenvalue weighted by Gasteiger charge is 2.36. The SMILES string of the molecule is COc1cc(CNCC2(O)CCN(c3ccccn3)C2)ccc1OCCN1CCC(C)CC1.Cl. The number of aromatic nitrogens is 1. The fraction of sp³-hybridized carbons (Fsp3) is 0.577. The highest BCUT2D eigenvalue weighted by atomic mass is 35.5. The standard InChI is InChI=1S/C26H38N4O3.ClH/c1-21-8-12-29(13-9-21)15-16-33-23-7-6-22(17-24(23)32-2)18-27-19-26(31)10-14-30(20-26)25-5-3-4-11-28-25;/h3-7,11,17,21,27,31H,8-10,12-16,18-20H2,1-2H3;1H. The van der Waals surface area contributed by atoms with Crippen molar-refractivity contribution in [3.8, 4) is 11.5 Å². The van der Waals surface area contributed by atoms with Crippen LogP contribution >= 0.6 is 12.4 Å². The van der Waals surface area contributed by atoms with E-state index in [1.165, 1.54) is 12.8 Å². The number of aliphatic hydroxyl groups is 1. The Hall–Kier alpha value is -2.06. The minimum Gasteiger partial charge on any atom is -0.493 e. The largest absolute Gasteiger partial charge is 0.493 e. The van der Waals surface area contributed by atoms with Gasteiger partial charge in [0, 0.05) is 38.9 Å². The number of β-amino-alcohol motifs (C(OH)–C–C–N with tert-alkyl or cyclic N) is 1. The zero-order chi connectivity index (χ0) is 23.1. The molecular formula is C26H39ClN4O3. The molecule has 2 N–H and O–H groups in total. The maximum Gasteiger partial charge on any atom is 0.161 e. The van der Waals surface area contributed by atoms with Crippen LogP contribution in [0, 0.1) is 5.92 Å². The van der Waals surface area contributed by atoms with Crippen LogP contribution in [0.3, 0.4) is 0 Å². The van der Waals surface area contributed by atoms with Gasteiger partial charge < -0.3 is 24.8 Å². The molecule has 4 rings (SSSR count). The molecule has 188 valence electrons. The van der Waals surface area contributed by atoms with Crippen molar-refractivity contribution in [2.24, 2.45) is 5.92 Å². The summed E-state index contributed by atoms with van der Waals surface area (Å²) in [5.74, 6) is 3.30. The molecular weight excluding hydrogens is 452 g/mol. The van der Waals surface area contributed by atoms with E-state index >= 15 is 0 Å². The number of piperidine rings is 1. The molecule has 0 radical (unpaired) electrons. The molecule has 3 heterocycles. The van der Waals surface area contributed by atoms with Gasteiger partial charge in [-0.3, -0.25) is 4.90 Å². The number of rotatable bonds is 10. The number of halogens is 1. The Morgan fingerprint density at radius 2 is 1.97 bits per heavy atom. The summed E-state index contributed by atoms with van der Waals surface area (Å²) in [5.41, 5.74) is 0.351. The zero-order valence-corrected chi connectivity index (χ0v) is 21.2. The van der Waals surface area contributed by atoms with E-state index in [1.54, 1.807) is 13.3 Å². The summed E-state index contributed by atoms with van der Waals surface area (Å²) in [7, 11) is 1.68. The number of nitrogens with one attached hydrogen (secondary N) is 1. The monoisotopic (exact) mass is 490 g/mol. The average Bonchev–Trinajstić information content (AvgIpc) is 3.23. The number of hydrogen-bond donors (Lipinski definition) is 2. The molecule has 2 aliphatic rings. The highest BCUT2D eigenvalue weighted by molar-refractivity contribution is 5.85. The number of benzene rings is 1. The van der Waals surface area contributed by atoms with Crippen LogP contribution in [-0.2, 0) is 6.54 Å². The van der Waals surface area contributed by atoms with Gasteiger partial charge in [0.1, 0.15) is 12.4 Å². The van der Waals surface area contributed by atoms with Gasteiger partial charge in [0.05, 0.1) is 12.7 Å². The first-order chi connectivity index (χ1) is 16.0. The first-order valence-corrected chi connectivity index (χ1v) is 12.2. The number of likely N-dealkylation sites (tertiary alicyclic amines) is 1. The molecule has 2 fully saturated rings. The van der Waals surface area contributed by atoms with Crippen molar-refractivity contribution in [3.05, 3.63) is 48.2 Å². The number of pyridine rings is 1. The Balaban J connectivity index is 0.00000324. The van der Waals surface area contributed by atoms with Gasteiger partial charge in [-0.05, 0) is 68.1 Å². The molecule has 1 unspecified atom stereocenters. The Morgan fingerprint density at radius 1 is 1.15 bits per heavy atom. The molecule has 8 heteroatoms. The van der Waals surface area contributed by atoms with Gasteiger partial charge in [-0.25, -0.2) is 4.98 Å². The van der Waals surface area contributed by atoms with Gasteiger partial charge in [-0.15, -0.1) is 12.4 Å². The van der Waals surface area contributed by atoms with Crippen LogP contribution in [0.2, 0.25) is 0 Å². The lowest BCUT2D eigenvalue weighted by Gasteiger charge is -2.30. The van der Waals surface area contributed by atoms with Crippen LogP contribution in [0.15, 0.2) is 42.6 Å². The quantitative estimate of drug-likeness (QED) is 0.529. The van der Waals surface area contributed by atoms with Crippen LogP contribution in [-0.4, -0.2) is 73.6 Å². The smallest absolute Gasteiger partial charge is 0.161 e. The van der Waals surface area contributed by atoms with E-state index in [0.29, 0.717) is 26.2 Å². The van der Waals surface area contributed by atoms with Crippen LogP contribution in [0.5, 0.6) is 11.5 Å². The molecule has 0 spiro atoms. The van der Waals surface area contributed by atoms with Crippen molar-refractivity contribution in [2.75, 3.05) is 57.9 Å². The predicted molar refractivity (Wildman–Crippen MR) is 138 cm³/mol. The number of hydrogen-bond acceptors (Lipinski definition) is 7. The van der Waals surface area contributed by atoms with E-state index in [0.717, 1.165) is 61.4 Å². The molecule has 2 aromatic rings. The molecule has 2 saturated heterocycles. The third kappa shape index (κ3) is 7.22. The van der Waals surface area contributed by atoms with Crippen LogP contribution in [0.4, 0.5) is 5.82 Å². The first kappa shape index (κ1) is 26.5. The van der Waals surface area contributed by atoms with Crippen LogP contribution in [0.25, 0.3) is 0 Å². The van der Waals surface area contributed by atoms with Crippen molar-refractivity contribution in [1.29, 1.82) is 0 Å². The Labute approximate surface area is 209 Å². The molecule has 7 nitrogen and oxygen atoms in total. The highest BCUT2D eigenvalue weighted by Crippen LogP contribution is 2.29. The van der Waals surface area contributed by atoms with Gasteiger partial charge >= 0.3 is 0 Å². The Bertz CT molecular complexity index is 880. The average molecular weight is 491 g/mol. The summed E-state index contributed by atoms with van der Waals surface area (Å²) in [6, 6.07) is 11.9. The van der Waals surface area contributed by atoms with E-state index in [2.05, 4.69) is 33.1 Å². The predicted octanol–water partition coefficient (Wildman–Crippen LogP) is 3.35. The summed E-state index contributed by atoms with van der Waals surface area (Å²) in [5, 5.41) is 14.4. The molecule has 1 aromatic heterocycles. The molecule has 2 aliphatic heterocycles. The molecule has 1 atom stereocenters. The molecule has 34 heavy (non-hydrogen) atoms. The van der Waals surface area contributed by atoms with E-state index in [1.807, 2.05) is 30.3 Å². The molecule has 0 bridgehead atoms. The van der Waals surface area contributed by atoms with Crippen molar-refractivity contribution < 1.29 is 14.6 Å². The molecule has 0 aliphatic carbocycles. The van der Waals surface area contributed by atoms with Crippen molar-refractivity contribution in [3.63, 3.8) is 0 Å². The van der Waals surface area contributed by atoms with Crippen LogP contribution < -0.4 is 19.7 Å². The zero-order valence-electron chi connectivity index (χ0n) is 20.4. The lowest BCUT2D eigenvalue weighted by Crippen LogP contribution is -2.43. The van der Waals surface area contributed by atoms with E-state index < -0.39 is 5.60 Å². The fourth-order valence-electron chi connectivity index (χ4n) is 4.69. The lowest BCUT2D eigenvalue weighted by molar-refractivity contribution is 0.0626. The fourth-order valence-corrected chi connectivity index (χ4v) is 4.69. The summed E-state index contributed by atoms with van der Waals surface area (Å²) >= 11 is 0. The summed E-state index contributed by atoms with van der Waals surface area (Å²) in [6.45, 7) is 8.88. The summed E-state index contributed by atoms with van der Waals surface area (Å²) in [4.78, 5) is 9.02. The van der Waals surface area contributed by atoms with E-state index in [4.69, 9.17) is 9.47 Å². The number of nitrogens with zero attached hydrogens (tertiary/aromatic N) is 3. The van der Waals surface area contributed by atoms with Crippen molar-refractivity contribution >= 4 is 18.2 Å². The number of anilines is 1. The second-order valence-electron chi connectivity index (χ2n) is 9.55. The third-order valence-corrected chi connectivity index (χ3v) is 6.86. The van der Waals surface area contributed by atoms with E-state index in [-0.39, 0.29) is 12.4 Å². The maximum absolute atomic E-state index is 11.0.